The molecule has 3 N–H and O–H groups in total. The number of H-pyrrole nitrogens is 1. The number of carbonyl (C=O) groups is 1. The van der Waals surface area contributed by atoms with Gasteiger partial charge in [0.25, 0.3) is 0 Å². The lowest BCUT2D eigenvalue weighted by Gasteiger charge is -2.14. The highest BCUT2D eigenvalue weighted by molar-refractivity contribution is 5.86. The van der Waals surface area contributed by atoms with Crippen molar-refractivity contribution < 1.29 is 28.5 Å². The summed E-state index contributed by atoms with van der Waals surface area (Å²) in [4.78, 5) is 14.6. The maximum atomic E-state index is 14.5. The van der Waals surface area contributed by atoms with Crippen LogP contribution < -0.4 is 14.8 Å². The molecule has 0 aliphatic heterocycles. The number of nitrogens with one attached hydrogen (secondary N) is 2. The number of alkyl carbamates (subject to hydrolysis) is 1. The lowest BCUT2D eigenvalue weighted by Crippen LogP contribution is -2.25. The Morgan fingerprint density at radius 2 is 1.83 bits per heavy atom. The molecule has 0 radical (unpaired) electrons. The van der Waals surface area contributed by atoms with E-state index < -0.39 is 18.0 Å². The Labute approximate surface area is 167 Å². The maximum Gasteiger partial charge on any atom is 0.406 e. The first kappa shape index (κ1) is 20.5. The van der Waals surface area contributed by atoms with Crippen molar-refractivity contribution in [3.8, 4) is 11.5 Å². The van der Waals surface area contributed by atoms with Crippen molar-refractivity contribution in [2.24, 2.45) is 0 Å². The van der Waals surface area contributed by atoms with Gasteiger partial charge in [-0.1, -0.05) is 0 Å². The fourth-order valence-electron chi connectivity index (χ4n) is 3.25. The molecule has 8 heteroatoms. The lowest BCUT2D eigenvalue weighted by molar-refractivity contribution is 0.171. The maximum absolute atomic E-state index is 14.5. The third-order valence-electron chi connectivity index (χ3n) is 4.75. The zero-order valence-corrected chi connectivity index (χ0v) is 16.4. The number of methoxy groups -OCH3 is 3. The molecular weight excluding hydrogens is 379 g/mol. The molecule has 0 saturated heterocycles. The molecule has 0 saturated carbocycles. The van der Waals surface area contributed by atoms with Gasteiger partial charge in [-0.05, 0) is 42.3 Å². The van der Waals surface area contributed by atoms with Crippen LogP contribution in [0.4, 0.5) is 9.18 Å². The number of fused-ring (bicyclic) bond motifs is 1. The van der Waals surface area contributed by atoms with Crippen molar-refractivity contribution in [3.05, 3.63) is 59.0 Å². The van der Waals surface area contributed by atoms with Gasteiger partial charge in [0.2, 0.25) is 0 Å². The van der Waals surface area contributed by atoms with Crippen molar-refractivity contribution in [1.82, 2.24) is 10.3 Å². The van der Waals surface area contributed by atoms with E-state index in [0.29, 0.717) is 23.6 Å². The third kappa shape index (κ3) is 4.27. The molecule has 7 nitrogen and oxygen atoms in total. The van der Waals surface area contributed by atoms with Crippen LogP contribution in [0.25, 0.3) is 10.9 Å². The molecule has 154 valence electrons. The Hall–Kier alpha value is -3.26. The molecule has 0 bridgehead atoms. The van der Waals surface area contributed by atoms with Gasteiger partial charge < -0.3 is 29.6 Å². The van der Waals surface area contributed by atoms with Gasteiger partial charge in [0.1, 0.15) is 23.4 Å². The van der Waals surface area contributed by atoms with Crippen LogP contribution in [0, 0.1) is 5.82 Å². The van der Waals surface area contributed by atoms with E-state index in [1.54, 1.807) is 19.2 Å². The van der Waals surface area contributed by atoms with Gasteiger partial charge in [0.15, 0.2) is 0 Å². The molecule has 1 atom stereocenters. The van der Waals surface area contributed by atoms with Crippen LogP contribution >= 0.6 is 0 Å². The first-order chi connectivity index (χ1) is 14.0. The zero-order chi connectivity index (χ0) is 21.0. The van der Waals surface area contributed by atoms with E-state index in [0.717, 1.165) is 16.5 Å². The molecule has 1 aromatic heterocycles. The van der Waals surface area contributed by atoms with Crippen molar-refractivity contribution in [2.75, 3.05) is 27.9 Å². The fourth-order valence-corrected chi connectivity index (χ4v) is 3.25. The van der Waals surface area contributed by atoms with E-state index in [-0.39, 0.29) is 12.1 Å². The fraction of sp³-hybridized carbons (Fsp3) is 0.286. The number of hydrogen-bond acceptors (Lipinski definition) is 5. The van der Waals surface area contributed by atoms with Crippen LogP contribution in [0.5, 0.6) is 11.5 Å². The minimum absolute atomic E-state index is 0.117. The second kappa shape index (κ2) is 8.83. The van der Waals surface area contributed by atoms with Gasteiger partial charge in [0.05, 0.1) is 27.0 Å². The number of aliphatic hydroxyl groups excluding tert-OH is 1. The molecule has 0 aliphatic rings. The summed E-state index contributed by atoms with van der Waals surface area (Å²) >= 11 is 0. The summed E-state index contributed by atoms with van der Waals surface area (Å²) < 4.78 is 29.4. The topological polar surface area (TPSA) is 92.8 Å². The van der Waals surface area contributed by atoms with Crippen LogP contribution in [-0.2, 0) is 11.2 Å². The van der Waals surface area contributed by atoms with Crippen LogP contribution in [-0.4, -0.2) is 44.1 Å². The van der Waals surface area contributed by atoms with Gasteiger partial charge in [0, 0.05) is 29.1 Å². The first-order valence-corrected chi connectivity index (χ1v) is 9.00. The van der Waals surface area contributed by atoms with E-state index >= 15 is 0 Å². The van der Waals surface area contributed by atoms with Crippen LogP contribution in [0.1, 0.15) is 22.9 Å². The van der Waals surface area contributed by atoms with E-state index in [1.165, 1.54) is 26.4 Å². The standard InChI is InChI=1S/C21H23FN2O5/c1-27-12-5-7-18-16(10-12)14(8-9-23-21(26)29-3)19(24-18)20(25)15-6-4-13(28-2)11-17(15)22/h4-7,10-11,20,24-25H,8-9H2,1-3H3,(H,23,26). The number of aromatic nitrogens is 1. The molecule has 0 fully saturated rings. The molecular formula is C21H23FN2O5. The molecule has 1 heterocycles. The smallest absolute Gasteiger partial charge is 0.406 e. The van der Waals surface area contributed by atoms with Gasteiger partial charge in [-0.2, -0.15) is 0 Å². The van der Waals surface area contributed by atoms with Crippen LogP contribution in [0.15, 0.2) is 36.4 Å². The summed E-state index contributed by atoms with van der Waals surface area (Å²) in [6, 6.07) is 9.75. The molecule has 29 heavy (non-hydrogen) atoms. The number of halogens is 1. The number of benzene rings is 2. The SMILES string of the molecule is COC(=O)NCCc1c(C(O)c2ccc(OC)cc2F)[nH]c2ccc(OC)cc12. The minimum atomic E-state index is -1.23. The largest absolute Gasteiger partial charge is 0.497 e. The summed E-state index contributed by atoms with van der Waals surface area (Å²) in [6.07, 6.45) is -1.38. The Balaban J connectivity index is 2.03. The number of hydrogen-bond donors (Lipinski definition) is 3. The van der Waals surface area contributed by atoms with E-state index in [2.05, 4.69) is 15.0 Å². The summed E-state index contributed by atoms with van der Waals surface area (Å²) in [5.41, 5.74) is 2.08. The molecule has 0 spiro atoms. The predicted molar refractivity (Wildman–Crippen MR) is 106 cm³/mol. The van der Waals surface area contributed by atoms with E-state index in [9.17, 15) is 14.3 Å². The number of aliphatic hydroxyl groups is 1. The Morgan fingerprint density at radius 3 is 2.48 bits per heavy atom. The summed E-state index contributed by atoms with van der Waals surface area (Å²) in [6.45, 7) is 0.279. The second-order valence-corrected chi connectivity index (χ2v) is 6.39. The van der Waals surface area contributed by atoms with Crippen LogP contribution in [0.3, 0.4) is 0 Å². The molecule has 0 aliphatic carbocycles. The number of rotatable bonds is 7. The quantitative estimate of drug-likeness (QED) is 0.564. The predicted octanol–water partition coefficient (Wildman–Crippen LogP) is 3.30. The number of aromatic amines is 1. The highest BCUT2D eigenvalue weighted by Gasteiger charge is 2.23. The summed E-state index contributed by atoms with van der Waals surface area (Å²) in [5, 5.41) is 14.4. The van der Waals surface area contributed by atoms with Crippen molar-refractivity contribution in [2.45, 2.75) is 12.5 Å². The molecule has 1 amide bonds. The monoisotopic (exact) mass is 402 g/mol. The Bertz CT molecular complexity index is 1020. The van der Waals surface area contributed by atoms with Crippen molar-refractivity contribution in [3.63, 3.8) is 0 Å². The highest BCUT2D eigenvalue weighted by atomic mass is 19.1. The minimum Gasteiger partial charge on any atom is -0.497 e. The Morgan fingerprint density at radius 1 is 1.14 bits per heavy atom. The van der Waals surface area contributed by atoms with E-state index in [4.69, 9.17) is 9.47 Å². The van der Waals surface area contributed by atoms with Gasteiger partial charge in [-0.15, -0.1) is 0 Å². The van der Waals surface area contributed by atoms with E-state index in [1.807, 2.05) is 12.1 Å². The second-order valence-electron chi connectivity index (χ2n) is 6.39. The molecule has 1 unspecified atom stereocenters. The van der Waals surface area contributed by atoms with Crippen molar-refractivity contribution in [1.29, 1.82) is 0 Å². The average molecular weight is 402 g/mol. The van der Waals surface area contributed by atoms with Gasteiger partial charge in [-0.25, -0.2) is 9.18 Å². The summed E-state index contributed by atoms with van der Waals surface area (Å²) in [7, 11) is 4.30. The van der Waals surface area contributed by atoms with Gasteiger partial charge in [-0.3, -0.25) is 0 Å². The number of amides is 1. The third-order valence-corrected chi connectivity index (χ3v) is 4.75. The molecule has 2 aromatic carbocycles. The zero-order valence-electron chi connectivity index (χ0n) is 16.4. The highest BCUT2D eigenvalue weighted by Crippen LogP contribution is 2.34. The van der Waals surface area contributed by atoms with Crippen molar-refractivity contribution >= 4 is 17.0 Å². The molecule has 3 aromatic rings. The van der Waals surface area contributed by atoms with Crippen LogP contribution in [0.2, 0.25) is 0 Å². The lowest BCUT2D eigenvalue weighted by atomic mass is 9.99. The normalized spacial score (nSPS) is 11.9. The molecule has 3 rings (SSSR count). The first-order valence-electron chi connectivity index (χ1n) is 9.00. The summed E-state index contributed by atoms with van der Waals surface area (Å²) in [5.74, 6) is 0.435. The van der Waals surface area contributed by atoms with Gasteiger partial charge >= 0.3 is 6.09 Å². The Kier molecular flexibility index (Phi) is 6.23. The number of ether oxygens (including phenoxy) is 3. The average Bonchev–Trinajstić information content (AvgIpc) is 3.10. The number of carbonyl (C=O) groups excluding carboxylic acids is 1.